The molecule has 1 aliphatic heterocycles. The molecule has 1 heterocycles. The number of carbonyl (C=O) groups excluding carboxylic acids is 3. The van der Waals surface area contributed by atoms with Crippen molar-refractivity contribution in [3.05, 3.63) is 82.3 Å². The van der Waals surface area contributed by atoms with E-state index in [4.69, 9.17) is 0 Å². The molecular formula is C24H21BrN2O3. The van der Waals surface area contributed by atoms with Gasteiger partial charge in [0, 0.05) is 41.3 Å². The minimum absolute atomic E-state index is 0.0541. The number of carbonyl (C=O) groups is 3. The van der Waals surface area contributed by atoms with Crippen LogP contribution >= 0.6 is 15.9 Å². The molecule has 30 heavy (non-hydrogen) atoms. The van der Waals surface area contributed by atoms with E-state index in [1.54, 1.807) is 34.1 Å². The van der Waals surface area contributed by atoms with Crippen LogP contribution in [0, 0.1) is 0 Å². The summed E-state index contributed by atoms with van der Waals surface area (Å²) >= 11 is 3.44. The van der Waals surface area contributed by atoms with E-state index in [-0.39, 0.29) is 11.9 Å². The summed E-state index contributed by atoms with van der Waals surface area (Å²) in [5.74, 6) is -1.10. The Hall–Kier alpha value is -2.99. The predicted molar refractivity (Wildman–Crippen MR) is 119 cm³/mol. The van der Waals surface area contributed by atoms with Crippen LogP contribution in [0.15, 0.2) is 71.2 Å². The van der Waals surface area contributed by atoms with Crippen LogP contribution in [-0.4, -0.2) is 53.1 Å². The summed E-state index contributed by atoms with van der Waals surface area (Å²) in [6, 6.07) is 19.9. The number of nitrogens with zero attached hydrogens (tertiary/aromatic N) is 2. The fraction of sp³-hybridized carbons (Fsp3) is 0.208. The molecule has 3 aromatic carbocycles. The first-order valence-corrected chi connectivity index (χ1v) is 10.6. The monoisotopic (exact) mass is 464 g/mol. The second-order valence-electron chi connectivity index (χ2n) is 7.50. The van der Waals surface area contributed by atoms with E-state index in [1.165, 1.54) is 0 Å². The molecule has 0 aliphatic carbocycles. The maximum absolute atomic E-state index is 12.9. The molecule has 0 aromatic heterocycles. The van der Waals surface area contributed by atoms with Gasteiger partial charge < -0.3 is 9.80 Å². The predicted octanol–water partition coefficient (Wildman–Crippen LogP) is 4.16. The Morgan fingerprint density at radius 1 is 0.867 bits per heavy atom. The third kappa shape index (κ3) is 4.00. The van der Waals surface area contributed by atoms with Gasteiger partial charge in [-0.3, -0.25) is 14.4 Å². The summed E-state index contributed by atoms with van der Waals surface area (Å²) in [5, 5.41) is 1.90. The number of halogens is 1. The molecule has 2 amide bonds. The van der Waals surface area contributed by atoms with Gasteiger partial charge in [0.05, 0.1) is 0 Å². The van der Waals surface area contributed by atoms with Crippen molar-refractivity contribution in [3.8, 4) is 0 Å². The highest BCUT2D eigenvalue weighted by Gasteiger charge is 2.33. The lowest BCUT2D eigenvalue weighted by atomic mass is 10.0. The topological polar surface area (TPSA) is 57.7 Å². The molecule has 0 bridgehead atoms. The average molecular weight is 465 g/mol. The quantitative estimate of drug-likeness (QED) is 0.431. The molecule has 0 N–H and O–H groups in total. The second-order valence-corrected chi connectivity index (χ2v) is 8.42. The normalized spacial score (nSPS) is 16.5. The van der Waals surface area contributed by atoms with Crippen molar-refractivity contribution in [1.82, 2.24) is 9.80 Å². The lowest BCUT2D eigenvalue weighted by Crippen LogP contribution is -2.56. The molecule has 1 fully saturated rings. The van der Waals surface area contributed by atoms with E-state index in [0.717, 1.165) is 15.2 Å². The molecule has 1 atom stereocenters. The molecule has 152 valence electrons. The molecule has 0 spiro atoms. The van der Waals surface area contributed by atoms with Crippen molar-refractivity contribution in [2.45, 2.75) is 13.0 Å². The number of hydrogen-bond donors (Lipinski definition) is 0. The van der Waals surface area contributed by atoms with Gasteiger partial charge in [0.2, 0.25) is 5.78 Å². The van der Waals surface area contributed by atoms with E-state index >= 15 is 0 Å². The number of fused-ring (bicyclic) bond motifs is 1. The third-order valence-corrected chi connectivity index (χ3v) is 5.95. The SMILES string of the molecule is C[C@@H]1CN(C(=O)c2ccccc2)CCN1C(=O)C(=O)c1ccc2cc(Br)ccc2c1. The zero-order valence-electron chi connectivity index (χ0n) is 16.5. The number of hydrogen-bond acceptors (Lipinski definition) is 3. The molecular weight excluding hydrogens is 444 g/mol. The van der Waals surface area contributed by atoms with E-state index < -0.39 is 11.7 Å². The van der Waals surface area contributed by atoms with Gasteiger partial charge in [-0.05, 0) is 48.0 Å². The van der Waals surface area contributed by atoms with Crippen molar-refractivity contribution in [1.29, 1.82) is 0 Å². The number of piperazine rings is 1. The third-order valence-electron chi connectivity index (χ3n) is 5.46. The molecule has 0 unspecified atom stereocenters. The summed E-state index contributed by atoms with van der Waals surface area (Å²) in [5.41, 5.74) is 1.01. The lowest BCUT2D eigenvalue weighted by molar-refractivity contribution is -0.130. The summed E-state index contributed by atoms with van der Waals surface area (Å²) in [7, 11) is 0. The van der Waals surface area contributed by atoms with E-state index in [1.807, 2.05) is 49.4 Å². The van der Waals surface area contributed by atoms with Crippen molar-refractivity contribution < 1.29 is 14.4 Å². The van der Waals surface area contributed by atoms with Gasteiger partial charge >= 0.3 is 0 Å². The highest BCUT2D eigenvalue weighted by Crippen LogP contribution is 2.22. The Labute approximate surface area is 183 Å². The van der Waals surface area contributed by atoms with Crippen LogP contribution in [0.1, 0.15) is 27.6 Å². The number of benzene rings is 3. The first kappa shape index (κ1) is 20.3. The van der Waals surface area contributed by atoms with Crippen LogP contribution < -0.4 is 0 Å². The number of amides is 2. The Morgan fingerprint density at radius 3 is 2.30 bits per heavy atom. The Morgan fingerprint density at radius 2 is 1.57 bits per heavy atom. The van der Waals surface area contributed by atoms with Gasteiger partial charge in [0.1, 0.15) is 0 Å². The first-order valence-electron chi connectivity index (χ1n) is 9.83. The van der Waals surface area contributed by atoms with E-state index in [0.29, 0.717) is 30.8 Å². The van der Waals surface area contributed by atoms with Crippen molar-refractivity contribution >= 4 is 44.3 Å². The van der Waals surface area contributed by atoms with Crippen LogP contribution in [0.2, 0.25) is 0 Å². The number of ketones is 1. The van der Waals surface area contributed by atoms with Crippen molar-refractivity contribution in [3.63, 3.8) is 0 Å². The van der Waals surface area contributed by atoms with Crippen LogP contribution in [-0.2, 0) is 4.79 Å². The fourth-order valence-electron chi connectivity index (χ4n) is 3.82. The first-order chi connectivity index (χ1) is 14.4. The highest BCUT2D eigenvalue weighted by molar-refractivity contribution is 9.10. The lowest BCUT2D eigenvalue weighted by Gasteiger charge is -2.39. The molecule has 0 saturated carbocycles. The summed E-state index contributed by atoms with van der Waals surface area (Å²) in [6.07, 6.45) is 0. The zero-order chi connectivity index (χ0) is 21.3. The van der Waals surface area contributed by atoms with Crippen LogP contribution in [0.3, 0.4) is 0 Å². The van der Waals surface area contributed by atoms with Gasteiger partial charge in [-0.25, -0.2) is 0 Å². The van der Waals surface area contributed by atoms with E-state index in [9.17, 15) is 14.4 Å². The zero-order valence-corrected chi connectivity index (χ0v) is 18.1. The Balaban J connectivity index is 1.47. The largest absolute Gasteiger partial charge is 0.335 e. The summed E-state index contributed by atoms with van der Waals surface area (Å²) < 4.78 is 0.960. The standard InChI is InChI=1S/C24H21BrN2O3/c1-16-15-26(23(29)17-5-3-2-4-6-17)11-12-27(16)24(30)22(28)20-8-7-19-14-21(25)10-9-18(19)13-20/h2-10,13-14,16H,11-12,15H2,1H3/t16-/m1/s1. The molecule has 5 nitrogen and oxygen atoms in total. The molecule has 6 heteroatoms. The van der Waals surface area contributed by atoms with Gasteiger partial charge in [-0.1, -0.05) is 52.3 Å². The Kier molecular flexibility index (Phi) is 5.68. The van der Waals surface area contributed by atoms with Crippen molar-refractivity contribution in [2.24, 2.45) is 0 Å². The van der Waals surface area contributed by atoms with Crippen molar-refractivity contribution in [2.75, 3.05) is 19.6 Å². The summed E-state index contributed by atoms with van der Waals surface area (Å²) in [4.78, 5) is 41.8. The number of rotatable bonds is 3. The number of Topliss-reactive ketones (excluding diaryl/α,β-unsaturated/α-hetero) is 1. The minimum atomic E-state index is -0.522. The highest BCUT2D eigenvalue weighted by atomic mass is 79.9. The maximum Gasteiger partial charge on any atom is 0.295 e. The second kappa shape index (κ2) is 8.40. The average Bonchev–Trinajstić information content (AvgIpc) is 2.77. The summed E-state index contributed by atoms with van der Waals surface area (Å²) in [6.45, 7) is 3.01. The fourth-order valence-corrected chi connectivity index (χ4v) is 4.20. The Bertz CT molecular complexity index is 1130. The van der Waals surface area contributed by atoms with Gasteiger partial charge in [0.25, 0.3) is 11.8 Å². The van der Waals surface area contributed by atoms with Gasteiger partial charge in [-0.2, -0.15) is 0 Å². The molecule has 4 rings (SSSR count). The minimum Gasteiger partial charge on any atom is -0.335 e. The van der Waals surface area contributed by atoms with Gasteiger partial charge in [0.15, 0.2) is 0 Å². The van der Waals surface area contributed by atoms with E-state index in [2.05, 4.69) is 15.9 Å². The maximum atomic E-state index is 12.9. The molecule has 1 aliphatic rings. The molecule has 0 radical (unpaired) electrons. The van der Waals surface area contributed by atoms with Crippen LogP contribution in [0.4, 0.5) is 0 Å². The smallest absolute Gasteiger partial charge is 0.295 e. The van der Waals surface area contributed by atoms with Gasteiger partial charge in [-0.15, -0.1) is 0 Å². The van der Waals surface area contributed by atoms with Crippen LogP contribution in [0.5, 0.6) is 0 Å². The molecule has 1 saturated heterocycles. The van der Waals surface area contributed by atoms with Crippen LogP contribution in [0.25, 0.3) is 10.8 Å². The molecule has 3 aromatic rings.